The molecule has 2 rings (SSSR count). The molecule has 2 aromatic rings. The van der Waals surface area contributed by atoms with Crippen molar-refractivity contribution in [2.24, 2.45) is 5.73 Å². The molecule has 4 nitrogen and oxygen atoms in total. The summed E-state index contributed by atoms with van der Waals surface area (Å²) in [5.41, 5.74) is 8.39. The Kier molecular flexibility index (Phi) is 3.13. The molecule has 0 saturated carbocycles. The molecule has 3 N–H and O–H groups in total. The second-order valence-corrected chi connectivity index (χ2v) is 3.94. The minimum atomic E-state index is 0.604. The molecule has 0 amide bonds. The van der Waals surface area contributed by atoms with Gasteiger partial charge in [-0.2, -0.15) is 5.10 Å². The molecular formula is C10H11BrN4. The zero-order chi connectivity index (χ0) is 10.7. The number of pyridine rings is 1. The smallest absolute Gasteiger partial charge is 0.108 e. The summed E-state index contributed by atoms with van der Waals surface area (Å²) in [5, 5.41) is 7.21. The van der Waals surface area contributed by atoms with Crippen molar-refractivity contribution < 1.29 is 0 Å². The van der Waals surface area contributed by atoms with Gasteiger partial charge in [0.25, 0.3) is 0 Å². The summed E-state index contributed by atoms with van der Waals surface area (Å²) >= 11 is 3.51. The molecule has 0 fully saturated rings. The molecule has 78 valence electrons. The zero-order valence-electron chi connectivity index (χ0n) is 8.07. The van der Waals surface area contributed by atoms with E-state index in [0.29, 0.717) is 6.54 Å². The number of halogens is 1. The van der Waals surface area contributed by atoms with Crippen LogP contribution in [0.15, 0.2) is 29.0 Å². The van der Waals surface area contributed by atoms with Crippen molar-refractivity contribution in [1.29, 1.82) is 0 Å². The highest BCUT2D eigenvalue weighted by Crippen LogP contribution is 2.28. The molecule has 2 aromatic heterocycles. The first-order chi connectivity index (χ1) is 7.33. The van der Waals surface area contributed by atoms with Crippen molar-refractivity contribution in [3.63, 3.8) is 0 Å². The van der Waals surface area contributed by atoms with E-state index >= 15 is 0 Å². The zero-order valence-corrected chi connectivity index (χ0v) is 9.66. The number of aromatic nitrogens is 3. The van der Waals surface area contributed by atoms with E-state index in [1.165, 1.54) is 0 Å². The largest absolute Gasteiger partial charge is 0.330 e. The molecule has 0 radical (unpaired) electrons. The predicted octanol–water partition coefficient (Wildman–Crippen LogP) is 1.74. The monoisotopic (exact) mass is 266 g/mol. The van der Waals surface area contributed by atoms with Gasteiger partial charge in [0, 0.05) is 24.4 Å². The van der Waals surface area contributed by atoms with Crippen LogP contribution in [0.3, 0.4) is 0 Å². The predicted molar refractivity (Wildman–Crippen MR) is 62.3 cm³/mol. The van der Waals surface area contributed by atoms with Crippen LogP contribution in [0.2, 0.25) is 0 Å². The maximum atomic E-state index is 5.50. The first kappa shape index (κ1) is 10.3. The van der Waals surface area contributed by atoms with Crippen LogP contribution in [-0.2, 0) is 6.42 Å². The number of nitrogens with one attached hydrogen (secondary N) is 1. The van der Waals surface area contributed by atoms with E-state index in [1.54, 1.807) is 12.4 Å². The quantitative estimate of drug-likeness (QED) is 0.890. The lowest BCUT2D eigenvalue weighted by Crippen LogP contribution is -2.03. The second-order valence-electron chi connectivity index (χ2n) is 3.15. The van der Waals surface area contributed by atoms with Gasteiger partial charge in [-0.25, -0.2) is 0 Å². The number of nitrogens with two attached hydrogens (primary N) is 1. The number of rotatable bonds is 3. The fourth-order valence-corrected chi connectivity index (χ4v) is 1.97. The van der Waals surface area contributed by atoms with E-state index in [0.717, 1.165) is 27.8 Å². The lowest BCUT2D eigenvalue weighted by Gasteiger charge is -1.96. The van der Waals surface area contributed by atoms with E-state index < -0.39 is 0 Å². The molecule has 0 aliphatic rings. The van der Waals surface area contributed by atoms with Gasteiger partial charge in [0.1, 0.15) is 5.69 Å². The van der Waals surface area contributed by atoms with Gasteiger partial charge in [-0.15, -0.1) is 0 Å². The highest BCUT2D eigenvalue weighted by atomic mass is 79.9. The lowest BCUT2D eigenvalue weighted by molar-refractivity contribution is 0.898. The van der Waals surface area contributed by atoms with E-state index in [4.69, 9.17) is 5.73 Å². The maximum absolute atomic E-state index is 5.50. The van der Waals surface area contributed by atoms with Crippen molar-refractivity contribution in [2.75, 3.05) is 6.54 Å². The van der Waals surface area contributed by atoms with Crippen molar-refractivity contribution >= 4 is 15.9 Å². The highest BCUT2D eigenvalue weighted by Gasteiger charge is 2.11. The molecule has 0 saturated heterocycles. The third-order valence-electron chi connectivity index (χ3n) is 2.10. The van der Waals surface area contributed by atoms with E-state index in [9.17, 15) is 0 Å². The summed E-state index contributed by atoms with van der Waals surface area (Å²) in [6.45, 7) is 0.604. The van der Waals surface area contributed by atoms with Gasteiger partial charge in [0.05, 0.1) is 10.2 Å². The van der Waals surface area contributed by atoms with Crippen LogP contribution in [0, 0.1) is 0 Å². The first-order valence-electron chi connectivity index (χ1n) is 4.66. The first-order valence-corrected chi connectivity index (χ1v) is 5.45. The molecular weight excluding hydrogens is 256 g/mol. The Morgan fingerprint density at radius 1 is 1.47 bits per heavy atom. The summed E-state index contributed by atoms with van der Waals surface area (Å²) in [7, 11) is 0. The normalized spacial score (nSPS) is 10.5. The van der Waals surface area contributed by atoms with Crippen LogP contribution >= 0.6 is 15.9 Å². The van der Waals surface area contributed by atoms with Gasteiger partial charge < -0.3 is 5.73 Å². The van der Waals surface area contributed by atoms with Crippen molar-refractivity contribution in [1.82, 2.24) is 15.2 Å². The van der Waals surface area contributed by atoms with E-state index in [1.807, 2.05) is 12.1 Å². The summed E-state index contributed by atoms with van der Waals surface area (Å²) < 4.78 is 0.973. The molecule has 15 heavy (non-hydrogen) atoms. The van der Waals surface area contributed by atoms with Crippen molar-refractivity contribution in [3.8, 4) is 11.3 Å². The van der Waals surface area contributed by atoms with Crippen LogP contribution in [0.25, 0.3) is 11.3 Å². The topological polar surface area (TPSA) is 67.6 Å². The summed E-state index contributed by atoms with van der Waals surface area (Å²) in [4.78, 5) is 4.06. The fourth-order valence-electron chi connectivity index (χ4n) is 1.37. The minimum absolute atomic E-state index is 0.604. The Bertz CT molecular complexity index is 438. The summed E-state index contributed by atoms with van der Waals surface area (Å²) in [6.07, 6.45) is 4.31. The van der Waals surface area contributed by atoms with E-state index in [-0.39, 0.29) is 0 Å². The van der Waals surface area contributed by atoms with Crippen molar-refractivity contribution in [3.05, 3.63) is 34.7 Å². The molecule has 0 spiro atoms. The molecule has 0 bridgehead atoms. The summed E-state index contributed by atoms with van der Waals surface area (Å²) in [6, 6.07) is 3.86. The molecule has 0 atom stereocenters. The molecule has 2 heterocycles. The van der Waals surface area contributed by atoms with Crippen molar-refractivity contribution in [2.45, 2.75) is 6.42 Å². The summed E-state index contributed by atoms with van der Waals surface area (Å²) in [5.74, 6) is 0. The van der Waals surface area contributed by atoms with Crippen LogP contribution in [0.1, 0.15) is 5.69 Å². The molecule has 0 unspecified atom stereocenters. The Labute approximate surface area is 96.0 Å². The average Bonchev–Trinajstić information content (AvgIpc) is 2.63. The van der Waals surface area contributed by atoms with Gasteiger partial charge in [-0.1, -0.05) is 0 Å². The Morgan fingerprint density at radius 2 is 2.33 bits per heavy atom. The molecule has 0 aliphatic carbocycles. The fraction of sp³-hybridized carbons (Fsp3) is 0.200. The van der Waals surface area contributed by atoms with Crippen LogP contribution in [0.5, 0.6) is 0 Å². The maximum Gasteiger partial charge on any atom is 0.108 e. The Hall–Kier alpha value is -1.20. The van der Waals surface area contributed by atoms with Gasteiger partial charge in [0.15, 0.2) is 0 Å². The van der Waals surface area contributed by atoms with Gasteiger partial charge >= 0.3 is 0 Å². The number of nitrogens with zero attached hydrogens (tertiary/aromatic N) is 2. The van der Waals surface area contributed by atoms with Gasteiger partial charge in [0.2, 0.25) is 0 Å². The standard InChI is InChI=1S/C10H11BrN4/c11-9-8(3-4-12)14-15-10(9)7-2-1-5-13-6-7/h1-2,5-6H,3-4,12H2,(H,14,15). The average molecular weight is 267 g/mol. The lowest BCUT2D eigenvalue weighted by atomic mass is 10.2. The minimum Gasteiger partial charge on any atom is -0.330 e. The van der Waals surface area contributed by atoms with Crippen LogP contribution in [-0.4, -0.2) is 21.7 Å². The molecule has 0 aromatic carbocycles. The number of aromatic amines is 1. The number of H-pyrrole nitrogens is 1. The third kappa shape index (κ3) is 2.08. The SMILES string of the molecule is NCCc1[nH]nc(-c2cccnc2)c1Br. The highest BCUT2D eigenvalue weighted by molar-refractivity contribution is 9.10. The van der Waals surface area contributed by atoms with Gasteiger partial charge in [-0.3, -0.25) is 10.1 Å². The second kappa shape index (κ2) is 4.55. The Balaban J connectivity index is 2.38. The van der Waals surface area contributed by atoms with Crippen LogP contribution < -0.4 is 5.73 Å². The molecule has 5 heteroatoms. The Morgan fingerprint density at radius 3 is 3.00 bits per heavy atom. The van der Waals surface area contributed by atoms with Crippen LogP contribution in [0.4, 0.5) is 0 Å². The number of hydrogen-bond donors (Lipinski definition) is 2. The molecule has 0 aliphatic heterocycles. The third-order valence-corrected chi connectivity index (χ3v) is 2.96. The van der Waals surface area contributed by atoms with Gasteiger partial charge in [-0.05, 0) is 34.6 Å². The van der Waals surface area contributed by atoms with E-state index in [2.05, 4.69) is 31.1 Å². The number of hydrogen-bond acceptors (Lipinski definition) is 3.